The topological polar surface area (TPSA) is 97.6 Å². The smallest absolute Gasteiger partial charge is 0.196 e. The molecule has 0 spiro atoms. The first-order valence-electron chi connectivity index (χ1n) is 30.5. The van der Waals surface area contributed by atoms with Gasteiger partial charge in [-0.1, -0.05) is 182 Å². The van der Waals surface area contributed by atoms with Gasteiger partial charge in [-0.2, -0.15) is 0 Å². The van der Waals surface area contributed by atoms with Crippen LogP contribution in [0.3, 0.4) is 0 Å². The highest BCUT2D eigenvalue weighted by Crippen LogP contribution is 2.32. The first-order valence-corrected chi connectivity index (χ1v) is 30.5. The van der Waals surface area contributed by atoms with E-state index in [2.05, 4.69) is 132 Å². The van der Waals surface area contributed by atoms with E-state index in [1.54, 1.807) is 36.4 Å². The van der Waals surface area contributed by atoms with Gasteiger partial charge in [-0.15, -0.1) is 0 Å². The Morgan fingerprint density at radius 2 is 0.615 bits per heavy atom. The van der Waals surface area contributed by atoms with Crippen LogP contribution in [0.1, 0.15) is 244 Å². The van der Waals surface area contributed by atoms with E-state index in [9.17, 15) is 0 Å². The molecule has 0 saturated heterocycles. The zero-order chi connectivity index (χ0) is 57.4. The van der Waals surface area contributed by atoms with E-state index < -0.39 is 0 Å². The molecule has 7 atom stereocenters. The van der Waals surface area contributed by atoms with Crippen LogP contribution in [0, 0.1) is 23.7 Å². The highest BCUT2D eigenvalue weighted by molar-refractivity contribution is 5.32. The van der Waals surface area contributed by atoms with Crippen LogP contribution in [-0.2, 0) is 9.47 Å². The van der Waals surface area contributed by atoms with Gasteiger partial charge in [-0.05, 0) is 207 Å². The summed E-state index contributed by atoms with van der Waals surface area (Å²) in [5, 5.41) is 27.0. The number of phenolic OH excluding ortho intramolecular Hbond substituents is 3. The third-order valence-electron chi connectivity index (χ3n) is 16.7. The first kappa shape index (κ1) is 67.3. The Morgan fingerprint density at radius 1 is 0.359 bits per heavy atom. The molecular formula is C71H108O7. The summed E-state index contributed by atoms with van der Waals surface area (Å²) in [5.41, 5.74) is 6.64. The Hall–Kier alpha value is -4.98. The number of aromatic hydroxyl groups is 3. The van der Waals surface area contributed by atoms with Crippen molar-refractivity contribution in [2.45, 2.75) is 229 Å². The SMILES string of the molecule is CCC(C)c1ccc(O)cc1.CCC(C)c1ccc(O)cc1.CCC(C)c1ccc(O)cc1.CCC(C)c1ccc(OC(C)OCC2CCC(C)CC2)cc1.CCC(C)c1ccc(OC(C)OCCC2CCC(C)CC2)cc1. The van der Waals surface area contributed by atoms with Crippen LogP contribution in [0.4, 0.5) is 0 Å². The highest BCUT2D eigenvalue weighted by Gasteiger charge is 2.20. The number of hydrogen-bond acceptors (Lipinski definition) is 7. The predicted octanol–water partition coefficient (Wildman–Crippen LogP) is 20.6. The number of ether oxygens (including phenoxy) is 4. The lowest BCUT2D eigenvalue weighted by Crippen LogP contribution is -2.23. The molecule has 434 valence electrons. The van der Waals surface area contributed by atoms with Crippen LogP contribution < -0.4 is 9.47 Å². The Labute approximate surface area is 475 Å². The Kier molecular flexibility index (Phi) is 32.6. The van der Waals surface area contributed by atoms with Crippen molar-refractivity contribution < 1.29 is 34.3 Å². The maximum absolute atomic E-state index is 9.01. The van der Waals surface area contributed by atoms with E-state index in [0.29, 0.717) is 46.8 Å². The molecule has 5 aromatic carbocycles. The fraction of sp³-hybridized carbons (Fsp3) is 0.577. The molecule has 7 nitrogen and oxygen atoms in total. The highest BCUT2D eigenvalue weighted by atomic mass is 16.7. The van der Waals surface area contributed by atoms with E-state index in [0.717, 1.165) is 67.6 Å². The maximum Gasteiger partial charge on any atom is 0.196 e. The summed E-state index contributed by atoms with van der Waals surface area (Å²) >= 11 is 0. The molecule has 2 aliphatic rings. The van der Waals surface area contributed by atoms with Gasteiger partial charge in [0.05, 0.1) is 13.2 Å². The average molecular weight is 1070 g/mol. The standard InChI is InChI=1S/C21H34O2.C20H32O2.3C10H14O/c1-5-17(3)20-10-12-21(13-11-20)23-18(4)22-15-14-19-8-6-16(2)7-9-19;1-5-16(3)19-10-12-20(13-11-19)22-17(4)21-14-18-8-6-15(2)7-9-18;3*1-3-8(2)9-4-6-10(11)7-5-9/h10-13,16-19H,5-9,14-15H2,1-4H3;10-13,15-18H,5-9,14H2,1-4H3;3*4-8,11H,3H2,1-2H3. The lowest BCUT2D eigenvalue weighted by atomic mass is 9.82. The van der Waals surface area contributed by atoms with Crippen LogP contribution in [0.15, 0.2) is 121 Å². The van der Waals surface area contributed by atoms with Crippen LogP contribution in [0.2, 0.25) is 0 Å². The van der Waals surface area contributed by atoms with Crippen LogP contribution in [0.25, 0.3) is 0 Å². The van der Waals surface area contributed by atoms with Crippen LogP contribution in [0.5, 0.6) is 28.7 Å². The molecular weight excluding hydrogens is 965 g/mol. The second-order valence-electron chi connectivity index (χ2n) is 23.1. The molecule has 5 aromatic rings. The van der Waals surface area contributed by atoms with Gasteiger partial charge in [-0.25, -0.2) is 0 Å². The van der Waals surface area contributed by atoms with E-state index in [-0.39, 0.29) is 12.6 Å². The summed E-state index contributed by atoms with van der Waals surface area (Å²) in [5.74, 6) is 9.22. The van der Waals surface area contributed by atoms with Gasteiger partial charge in [0.25, 0.3) is 0 Å². The normalized spacial score (nSPS) is 19.6. The van der Waals surface area contributed by atoms with Gasteiger partial charge in [0, 0.05) is 0 Å². The van der Waals surface area contributed by atoms with E-state index in [4.69, 9.17) is 34.3 Å². The molecule has 7 rings (SSSR count). The monoisotopic (exact) mass is 1070 g/mol. The molecule has 2 aliphatic carbocycles. The Morgan fingerprint density at radius 3 is 0.897 bits per heavy atom. The molecule has 7 unspecified atom stereocenters. The average Bonchev–Trinajstić information content (AvgIpc) is 3.46. The zero-order valence-corrected chi connectivity index (χ0v) is 51.2. The first-order chi connectivity index (χ1) is 37.4. The summed E-state index contributed by atoms with van der Waals surface area (Å²) in [4.78, 5) is 0. The van der Waals surface area contributed by atoms with E-state index >= 15 is 0 Å². The van der Waals surface area contributed by atoms with Gasteiger partial charge >= 0.3 is 0 Å². The van der Waals surface area contributed by atoms with E-state index in [1.165, 1.54) is 98.4 Å². The van der Waals surface area contributed by atoms with Crippen LogP contribution >= 0.6 is 0 Å². The van der Waals surface area contributed by atoms with Gasteiger partial charge in [-0.3, -0.25) is 0 Å². The number of phenols is 3. The summed E-state index contributed by atoms with van der Waals surface area (Å²) in [6, 6.07) is 39.2. The lowest BCUT2D eigenvalue weighted by Gasteiger charge is -2.27. The van der Waals surface area contributed by atoms with Crippen molar-refractivity contribution in [3.05, 3.63) is 149 Å². The summed E-state index contributed by atoms with van der Waals surface area (Å²) in [6.45, 7) is 32.4. The van der Waals surface area contributed by atoms with E-state index in [1.807, 2.05) is 50.2 Å². The third-order valence-corrected chi connectivity index (χ3v) is 16.7. The van der Waals surface area contributed by atoms with Crippen molar-refractivity contribution in [1.82, 2.24) is 0 Å². The van der Waals surface area contributed by atoms with Crippen molar-refractivity contribution in [3.8, 4) is 28.7 Å². The molecule has 0 heterocycles. The molecule has 0 amide bonds. The molecule has 3 N–H and O–H groups in total. The second-order valence-corrected chi connectivity index (χ2v) is 23.1. The third kappa shape index (κ3) is 26.8. The van der Waals surface area contributed by atoms with Gasteiger partial charge < -0.3 is 34.3 Å². The van der Waals surface area contributed by atoms with Crippen molar-refractivity contribution in [2.75, 3.05) is 13.2 Å². The minimum absolute atomic E-state index is 0.172. The fourth-order valence-corrected chi connectivity index (χ4v) is 9.57. The number of benzene rings is 5. The van der Waals surface area contributed by atoms with Gasteiger partial charge in [0.1, 0.15) is 28.7 Å². The van der Waals surface area contributed by atoms with Crippen molar-refractivity contribution >= 4 is 0 Å². The molecule has 78 heavy (non-hydrogen) atoms. The zero-order valence-electron chi connectivity index (χ0n) is 51.2. The largest absolute Gasteiger partial charge is 0.508 e. The predicted molar refractivity (Wildman–Crippen MR) is 330 cm³/mol. The number of hydrogen-bond donors (Lipinski definition) is 3. The van der Waals surface area contributed by atoms with Crippen molar-refractivity contribution in [2.24, 2.45) is 23.7 Å². The molecule has 0 aliphatic heterocycles. The molecule has 0 bridgehead atoms. The molecule has 2 saturated carbocycles. The number of rotatable bonds is 21. The van der Waals surface area contributed by atoms with Crippen LogP contribution in [-0.4, -0.2) is 41.1 Å². The Bertz CT molecular complexity index is 2100. The molecule has 0 aromatic heterocycles. The fourth-order valence-electron chi connectivity index (χ4n) is 9.57. The summed E-state index contributed by atoms with van der Waals surface area (Å²) < 4.78 is 23.5. The molecule has 0 radical (unpaired) electrons. The summed E-state index contributed by atoms with van der Waals surface area (Å²) in [7, 11) is 0. The quantitative estimate of drug-likeness (QED) is 0.0630. The summed E-state index contributed by atoms with van der Waals surface area (Å²) in [6.07, 6.45) is 17.4. The molecule has 2 fully saturated rings. The van der Waals surface area contributed by atoms with Crippen molar-refractivity contribution in [1.29, 1.82) is 0 Å². The van der Waals surface area contributed by atoms with Gasteiger partial charge in [0.2, 0.25) is 0 Å². The Balaban J connectivity index is 0.000000268. The minimum Gasteiger partial charge on any atom is -0.508 e. The van der Waals surface area contributed by atoms with Gasteiger partial charge in [0.15, 0.2) is 12.6 Å². The van der Waals surface area contributed by atoms with Crippen molar-refractivity contribution in [3.63, 3.8) is 0 Å². The molecule has 7 heteroatoms. The minimum atomic E-state index is -0.174. The maximum atomic E-state index is 9.01. The lowest BCUT2D eigenvalue weighted by molar-refractivity contribution is -0.0830. The second kappa shape index (κ2) is 37.8.